The number of hydroxylamine groups is 2. The van der Waals surface area contributed by atoms with Gasteiger partial charge in [0.1, 0.15) is 4.75 Å². The third-order valence-corrected chi connectivity index (χ3v) is 5.19. The molecule has 0 unspecified atom stereocenters. The molecule has 1 aliphatic rings. The molecule has 0 aromatic rings. The van der Waals surface area contributed by atoms with Crippen LogP contribution in [-0.2, 0) is 30.9 Å². The number of amides is 2. The molecule has 100 valence electrons. The Bertz CT molecular complexity index is 399. The van der Waals surface area contributed by atoms with Crippen LogP contribution in [0.4, 0.5) is 0 Å². The van der Waals surface area contributed by atoms with E-state index in [4.69, 9.17) is 28.7 Å². The number of carbonyl (C=O) groups is 3. The third kappa shape index (κ3) is 6.20. The van der Waals surface area contributed by atoms with E-state index in [1.54, 1.807) is 13.8 Å². The first-order valence-electron chi connectivity index (χ1n) is 4.89. The van der Waals surface area contributed by atoms with Gasteiger partial charge < -0.3 is 16.5 Å². The van der Waals surface area contributed by atoms with Crippen molar-refractivity contribution in [3.05, 3.63) is 0 Å². The van der Waals surface area contributed by atoms with Crippen molar-refractivity contribution in [1.82, 2.24) is 5.06 Å². The van der Waals surface area contributed by atoms with Crippen LogP contribution in [0.2, 0.25) is 0 Å². The second-order valence-corrected chi connectivity index (χ2v) is 7.80. The topological polar surface area (TPSA) is 63.7 Å². The van der Waals surface area contributed by atoms with Crippen LogP contribution in [0.1, 0.15) is 26.7 Å². The van der Waals surface area contributed by atoms with Gasteiger partial charge in [-0.2, -0.15) is 0 Å². The van der Waals surface area contributed by atoms with Crippen molar-refractivity contribution in [2.75, 3.05) is 0 Å². The van der Waals surface area contributed by atoms with Crippen molar-refractivity contribution < 1.29 is 88.1 Å². The first-order chi connectivity index (χ1) is 8.27. The Morgan fingerprint density at radius 3 is 2.26 bits per heavy atom. The summed E-state index contributed by atoms with van der Waals surface area (Å²) in [7, 11) is 0.935. The van der Waals surface area contributed by atoms with E-state index in [1.807, 2.05) is 0 Å². The van der Waals surface area contributed by atoms with Gasteiger partial charge in [0.15, 0.2) is 0 Å². The van der Waals surface area contributed by atoms with Crippen molar-refractivity contribution in [2.24, 2.45) is 0 Å². The molecule has 0 N–H and O–H groups in total. The molecule has 1 saturated heterocycles. The molecule has 19 heavy (non-hydrogen) atoms. The van der Waals surface area contributed by atoms with Crippen LogP contribution in [0, 0.1) is 0 Å². The van der Waals surface area contributed by atoms with Gasteiger partial charge in [0.05, 0.1) is 3.53 Å². The van der Waals surface area contributed by atoms with Crippen LogP contribution in [0.15, 0.2) is 0 Å². The number of thioether (sulfide) groups is 1. The zero-order chi connectivity index (χ0) is 13.9. The number of thiocarbonyl (C=S) groups is 1. The summed E-state index contributed by atoms with van der Waals surface area (Å²) in [6.45, 7) is 3.17. The van der Waals surface area contributed by atoms with Crippen LogP contribution in [0.5, 0.6) is 0 Å². The van der Waals surface area contributed by atoms with E-state index in [2.05, 4.69) is 0 Å². The molecule has 0 spiro atoms. The summed E-state index contributed by atoms with van der Waals surface area (Å²) in [5.74, 6) is -1.72. The predicted octanol–water partition coefficient (Wildman–Crippen LogP) is -1.41. The Kier molecular flexibility index (Phi) is 9.92. The molecule has 0 bridgehead atoms. The largest absolute Gasteiger partial charge is 1.00 e. The summed E-state index contributed by atoms with van der Waals surface area (Å²) >= 11 is 10.7. The van der Waals surface area contributed by atoms with Crippen molar-refractivity contribution >= 4 is 67.7 Å². The van der Waals surface area contributed by atoms with E-state index in [0.717, 1.165) is 22.6 Å². The Labute approximate surface area is 188 Å². The Hall–Kier alpha value is 1.80. The van der Waals surface area contributed by atoms with E-state index < -0.39 is 22.5 Å². The van der Waals surface area contributed by atoms with E-state index in [1.165, 1.54) is 0 Å². The normalized spacial score (nSPS) is 15.2. The van der Waals surface area contributed by atoms with Gasteiger partial charge in [-0.1, -0.05) is 24.0 Å². The molecular weight excluding hydrogens is 447 g/mol. The number of hydrogen-bond donors (Lipinski definition) is 0. The summed E-state index contributed by atoms with van der Waals surface area (Å²) in [4.78, 5) is 39.3. The number of rotatable bonds is 3. The summed E-state index contributed by atoms with van der Waals surface area (Å²) in [5, 5.41) is 0.522. The van der Waals surface area contributed by atoms with Gasteiger partial charge in [0.2, 0.25) is 0 Å². The number of nitrogens with zero attached hydrogens (tertiary/aromatic N) is 1. The predicted molar refractivity (Wildman–Crippen MR) is 76.4 cm³/mol. The zero-order valence-corrected chi connectivity index (χ0v) is 20.2. The average Bonchev–Trinajstić information content (AvgIpc) is 2.60. The first-order valence-corrected chi connectivity index (χ1v) is 7.85. The summed E-state index contributed by atoms with van der Waals surface area (Å²) < 4.78 is -0.600. The van der Waals surface area contributed by atoms with E-state index in [-0.39, 0.29) is 81.7 Å². The second-order valence-electron chi connectivity index (χ2n) is 3.91. The molecule has 2 amide bonds. The van der Waals surface area contributed by atoms with Gasteiger partial charge in [0.25, 0.3) is 11.8 Å². The van der Waals surface area contributed by atoms with E-state index in [9.17, 15) is 14.4 Å². The van der Waals surface area contributed by atoms with Gasteiger partial charge in [-0.25, -0.2) is 4.79 Å². The van der Waals surface area contributed by atoms with E-state index >= 15 is 0 Å². The van der Waals surface area contributed by atoms with Crippen molar-refractivity contribution in [3.63, 3.8) is 0 Å². The maximum Gasteiger partial charge on any atom is 1.00 e. The van der Waals surface area contributed by atoms with Crippen molar-refractivity contribution in [1.29, 1.82) is 0 Å². The van der Waals surface area contributed by atoms with Crippen LogP contribution >= 0.6 is 34.8 Å². The second kappa shape index (κ2) is 9.06. The van der Waals surface area contributed by atoms with E-state index in [0.29, 0.717) is 8.59 Å². The summed E-state index contributed by atoms with van der Waals surface area (Å²) in [6.07, 6.45) is 0.139. The van der Waals surface area contributed by atoms with Gasteiger partial charge >= 0.3 is 74.9 Å². The minimum atomic E-state index is -1.01. The molecule has 1 heterocycles. The van der Waals surface area contributed by atoms with Crippen LogP contribution in [0.3, 0.4) is 0 Å². The maximum absolute atomic E-state index is 11.9. The Morgan fingerprint density at radius 1 is 1.37 bits per heavy atom. The van der Waals surface area contributed by atoms with Crippen molar-refractivity contribution in [2.45, 2.75) is 31.4 Å². The summed E-state index contributed by atoms with van der Waals surface area (Å²) in [6, 6.07) is 0. The zero-order valence-electron chi connectivity index (χ0n) is 10.6. The summed E-state index contributed by atoms with van der Waals surface area (Å²) in [5.41, 5.74) is 0. The SMILES string of the molecule is CC(C)(SC(=S)S[S-])C(=O)ON1C(=O)CCC1=O.[Cs+]. The van der Waals surface area contributed by atoms with Gasteiger partial charge in [0, 0.05) is 12.8 Å². The van der Waals surface area contributed by atoms with Crippen LogP contribution in [0.25, 0.3) is 0 Å². The van der Waals surface area contributed by atoms with Crippen molar-refractivity contribution in [3.8, 4) is 0 Å². The first kappa shape index (κ1) is 20.8. The molecule has 1 fully saturated rings. The Balaban J connectivity index is 0.00000324. The Morgan fingerprint density at radius 2 is 1.84 bits per heavy atom. The number of hydrogen-bond acceptors (Lipinski definition) is 8. The molecular formula is C9H10CsNO4S4. The molecule has 1 rings (SSSR count). The monoisotopic (exact) mass is 457 g/mol. The fraction of sp³-hybridized carbons (Fsp3) is 0.556. The minimum Gasteiger partial charge on any atom is -0.713 e. The quantitative estimate of drug-likeness (QED) is 0.222. The number of carbonyl (C=O) groups excluding carboxylic acids is 3. The molecule has 0 radical (unpaired) electrons. The van der Waals surface area contributed by atoms with Gasteiger partial charge in [-0.3, -0.25) is 20.4 Å². The molecule has 0 atom stereocenters. The molecule has 0 aliphatic carbocycles. The third-order valence-electron chi connectivity index (χ3n) is 2.08. The molecule has 0 saturated carbocycles. The fourth-order valence-electron chi connectivity index (χ4n) is 1.12. The van der Waals surface area contributed by atoms with Crippen LogP contribution in [-0.4, -0.2) is 31.1 Å². The molecule has 10 heteroatoms. The fourth-order valence-corrected chi connectivity index (χ4v) is 3.35. The standard InChI is InChI=1S/C9H11NO4S4.Cs/c1-9(2,17-8(15)18-16)7(13)14-10-5(11)3-4-6(10)12;/h16H,3-4H2,1-2H3;/q;+1/p-1. The molecule has 0 aromatic heterocycles. The maximum atomic E-state index is 11.9. The number of imide groups is 1. The van der Waals surface area contributed by atoms with Crippen LogP contribution < -0.4 is 68.9 Å². The smallest absolute Gasteiger partial charge is 0.713 e. The molecule has 0 aromatic carbocycles. The molecule has 5 nitrogen and oxygen atoms in total. The average molecular weight is 457 g/mol. The molecule has 1 aliphatic heterocycles. The van der Waals surface area contributed by atoms with Gasteiger partial charge in [-0.05, 0) is 13.8 Å². The minimum absolute atomic E-state index is 0. The van der Waals surface area contributed by atoms with Gasteiger partial charge in [-0.15, -0.1) is 5.06 Å².